The third kappa shape index (κ3) is 3.12. The molecule has 5 nitrogen and oxygen atoms in total. The van der Waals surface area contributed by atoms with Crippen molar-refractivity contribution in [2.75, 3.05) is 13.7 Å². The first-order chi connectivity index (χ1) is 12.8. The summed E-state index contributed by atoms with van der Waals surface area (Å²) in [6, 6.07) is 16.4. The van der Waals surface area contributed by atoms with Crippen LogP contribution in [-0.4, -0.2) is 19.6 Å². The summed E-state index contributed by atoms with van der Waals surface area (Å²) in [5, 5.41) is 8.03. The van der Waals surface area contributed by atoms with Crippen molar-refractivity contribution < 1.29 is 9.15 Å². The number of para-hydroxylation sites is 2. The second-order valence-electron chi connectivity index (χ2n) is 6.44. The van der Waals surface area contributed by atoms with Gasteiger partial charge in [0.15, 0.2) is 5.96 Å². The van der Waals surface area contributed by atoms with Crippen LogP contribution in [0.2, 0.25) is 0 Å². The Bertz CT molecular complexity index is 945. The lowest BCUT2D eigenvalue weighted by atomic mass is 10.0. The highest BCUT2D eigenvalue weighted by Gasteiger charge is 2.22. The summed E-state index contributed by atoms with van der Waals surface area (Å²) in [7, 11) is 1.78. The molecule has 0 saturated heterocycles. The van der Waals surface area contributed by atoms with Gasteiger partial charge in [0.25, 0.3) is 0 Å². The van der Waals surface area contributed by atoms with Crippen LogP contribution >= 0.6 is 0 Å². The molecule has 2 heterocycles. The summed E-state index contributed by atoms with van der Waals surface area (Å²) in [6.07, 6.45) is 0.904. The van der Waals surface area contributed by atoms with Gasteiger partial charge in [0.05, 0.1) is 19.2 Å². The number of rotatable bonds is 3. The summed E-state index contributed by atoms with van der Waals surface area (Å²) in [6.45, 7) is 3.38. The molecule has 2 aromatic carbocycles. The number of ether oxygens (including phenoxy) is 1. The molecule has 1 unspecified atom stereocenters. The van der Waals surface area contributed by atoms with Crippen molar-refractivity contribution in [2.45, 2.75) is 25.9 Å². The predicted molar refractivity (Wildman–Crippen MR) is 104 cm³/mol. The van der Waals surface area contributed by atoms with Crippen LogP contribution in [0.3, 0.4) is 0 Å². The van der Waals surface area contributed by atoms with Crippen molar-refractivity contribution in [3.05, 3.63) is 65.4 Å². The molecule has 1 atom stereocenters. The Hall–Kier alpha value is -2.95. The van der Waals surface area contributed by atoms with Crippen molar-refractivity contribution in [3.8, 4) is 5.75 Å². The van der Waals surface area contributed by atoms with Crippen molar-refractivity contribution in [3.63, 3.8) is 0 Å². The zero-order valence-electron chi connectivity index (χ0n) is 15.1. The largest absolute Gasteiger partial charge is 0.493 e. The first-order valence-electron chi connectivity index (χ1n) is 8.92. The fourth-order valence-corrected chi connectivity index (χ4v) is 3.41. The Kier molecular flexibility index (Phi) is 4.52. The first kappa shape index (κ1) is 16.5. The first-order valence-corrected chi connectivity index (χ1v) is 8.92. The molecule has 0 amide bonds. The van der Waals surface area contributed by atoms with Gasteiger partial charge in [-0.1, -0.05) is 36.4 Å². The van der Waals surface area contributed by atoms with Crippen molar-refractivity contribution in [1.82, 2.24) is 10.6 Å². The van der Waals surface area contributed by atoms with Gasteiger partial charge in [0.2, 0.25) is 0 Å². The number of nitrogens with zero attached hydrogens (tertiary/aromatic N) is 1. The highest BCUT2D eigenvalue weighted by molar-refractivity contribution is 5.83. The molecule has 0 fully saturated rings. The molecule has 4 rings (SSSR count). The average Bonchev–Trinajstić information content (AvgIpc) is 3.01. The third-order valence-electron chi connectivity index (χ3n) is 4.85. The van der Waals surface area contributed by atoms with E-state index in [1.165, 1.54) is 11.1 Å². The Balaban J connectivity index is 1.46. The molecule has 134 valence electrons. The van der Waals surface area contributed by atoms with Crippen LogP contribution in [0.15, 0.2) is 57.9 Å². The minimum absolute atomic E-state index is 0.183. The van der Waals surface area contributed by atoms with Crippen LogP contribution in [0, 0.1) is 6.92 Å². The van der Waals surface area contributed by atoms with E-state index < -0.39 is 0 Å². The van der Waals surface area contributed by atoms with Gasteiger partial charge >= 0.3 is 0 Å². The van der Waals surface area contributed by atoms with Gasteiger partial charge in [-0.2, -0.15) is 0 Å². The van der Waals surface area contributed by atoms with Gasteiger partial charge in [-0.25, -0.2) is 0 Å². The fourth-order valence-electron chi connectivity index (χ4n) is 3.41. The Morgan fingerprint density at radius 1 is 1.15 bits per heavy atom. The molecule has 1 aliphatic heterocycles. The van der Waals surface area contributed by atoms with Crippen LogP contribution in [0.1, 0.15) is 29.3 Å². The summed E-state index contributed by atoms with van der Waals surface area (Å²) < 4.78 is 11.7. The number of guanidine groups is 1. The molecule has 2 N–H and O–H groups in total. The smallest absolute Gasteiger partial charge is 0.191 e. The molecule has 1 aromatic heterocycles. The normalized spacial score (nSPS) is 16.8. The standard InChI is InChI=1S/C21H23N3O2/c1-14-15-7-3-6-10-19(15)26-20(14)13-23-21(22-2)24-17-11-12-25-18-9-5-4-8-16(17)18/h3-10,17H,11-13H2,1-2H3,(H2,22,23,24). The van der Waals surface area contributed by atoms with Crippen LogP contribution < -0.4 is 15.4 Å². The summed E-state index contributed by atoms with van der Waals surface area (Å²) >= 11 is 0. The van der Waals surface area contributed by atoms with Crippen LogP contribution in [0.25, 0.3) is 11.0 Å². The number of hydrogen-bond acceptors (Lipinski definition) is 3. The number of fused-ring (bicyclic) bond motifs is 2. The lowest BCUT2D eigenvalue weighted by Gasteiger charge is -2.28. The molecule has 0 radical (unpaired) electrons. The Morgan fingerprint density at radius 2 is 1.96 bits per heavy atom. The molecule has 0 saturated carbocycles. The topological polar surface area (TPSA) is 58.8 Å². The highest BCUT2D eigenvalue weighted by atomic mass is 16.5. The summed E-state index contributed by atoms with van der Waals surface area (Å²) in [5.74, 6) is 2.63. The monoisotopic (exact) mass is 349 g/mol. The molecule has 5 heteroatoms. The van der Waals surface area contributed by atoms with Crippen molar-refractivity contribution >= 4 is 16.9 Å². The van der Waals surface area contributed by atoms with Gasteiger partial charge in [-0.15, -0.1) is 0 Å². The van der Waals surface area contributed by atoms with E-state index in [0.29, 0.717) is 13.2 Å². The van der Waals surface area contributed by atoms with Gasteiger partial charge in [0, 0.05) is 30.0 Å². The Labute approximate surface area is 153 Å². The van der Waals surface area contributed by atoms with E-state index in [-0.39, 0.29) is 6.04 Å². The second kappa shape index (κ2) is 7.12. The van der Waals surface area contributed by atoms with E-state index in [0.717, 1.165) is 34.9 Å². The van der Waals surface area contributed by atoms with Gasteiger partial charge < -0.3 is 19.8 Å². The second-order valence-corrected chi connectivity index (χ2v) is 6.44. The van der Waals surface area contributed by atoms with Crippen LogP contribution in [-0.2, 0) is 6.54 Å². The van der Waals surface area contributed by atoms with E-state index >= 15 is 0 Å². The molecule has 0 bridgehead atoms. The third-order valence-corrected chi connectivity index (χ3v) is 4.85. The predicted octanol–water partition coefficient (Wildman–Crippen LogP) is 3.93. The molecular weight excluding hydrogens is 326 g/mol. The number of nitrogens with one attached hydrogen (secondary N) is 2. The minimum Gasteiger partial charge on any atom is -0.493 e. The number of furan rings is 1. The van der Waals surface area contributed by atoms with E-state index in [4.69, 9.17) is 9.15 Å². The summed E-state index contributed by atoms with van der Waals surface area (Å²) in [4.78, 5) is 4.37. The van der Waals surface area contributed by atoms with Crippen LogP contribution in [0.5, 0.6) is 5.75 Å². The lowest BCUT2D eigenvalue weighted by Crippen LogP contribution is -2.40. The van der Waals surface area contributed by atoms with Crippen LogP contribution in [0.4, 0.5) is 0 Å². The van der Waals surface area contributed by atoms with Gasteiger partial charge in [0.1, 0.15) is 17.1 Å². The molecule has 3 aromatic rings. The number of benzene rings is 2. The number of hydrogen-bond donors (Lipinski definition) is 2. The summed E-state index contributed by atoms with van der Waals surface area (Å²) in [5.41, 5.74) is 3.25. The maximum atomic E-state index is 5.97. The van der Waals surface area contributed by atoms with Crippen molar-refractivity contribution in [1.29, 1.82) is 0 Å². The SMILES string of the molecule is CN=C(NCc1oc2ccccc2c1C)NC1CCOc2ccccc21. The molecular formula is C21H23N3O2. The molecule has 0 aliphatic carbocycles. The highest BCUT2D eigenvalue weighted by Crippen LogP contribution is 2.31. The van der Waals surface area contributed by atoms with Crippen molar-refractivity contribution in [2.24, 2.45) is 4.99 Å². The van der Waals surface area contributed by atoms with E-state index in [1.807, 2.05) is 36.4 Å². The Morgan fingerprint density at radius 3 is 2.81 bits per heavy atom. The zero-order valence-corrected chi connectivity index (χ0v) is 15.1. The van der Waals surface area contributed by atoms with Gasteiger partial charge in [-0.05, 0) is 19.1 Å². The van der Waals surface area contributed by atoms with Gasteiger partial charge in [-0.3, -0.25) is 4.99 Å². The molecule has 1 aliphatic rings. The molecule has 26 heavy (non-hydrogen) atoms. The van der Waals surface area contributed by atoms with E-state index in [1.54, 1.807) is 7.05 Å². The zero-order chi connectivity index (χ0) is 17.9. The maximum Gasteiger partial charge on any atom is 0.191 e. The molecule has 0 spiro atoms. The van der Waals surface area contributed by atoms with E-state index in [2.05, 4.69) is 34.7 Å². The average molecular weight is 349 g/mol. The van der Waals surface area contributed by atoms with E-state index in [9.17, 15) is 0 Å². The minimum atomic E-state index is 0.183. The lowest BCUT2D eigenvalue weighted by molar-refractivity contribution is 0.261. The maximum absolute atomic E-state index is 5.97. The fraction of sp³-hybridized carbons (Fsp3) is 0.286. The number of aliphatic imine (C=N–C) groups is 1. The number of aryl methyl sites for hydroxylation is 1. The quantitative estimate of drug-likeness (QED) is 0.556.